The van der Waals surface area contributed by atoms with Crippen molar-refractivity contribution >= 4 is 46.6 Å². The zero-order valence-corrected chi connectivity index (χ0v) is 25.1. The van der Waals surface area contributed by atoms with E-state index in [4.69, 9.17) is 11.6 Å². The lowest BCUT2D eigenvalue weighted by Crippen LogP contribution is -2.52. The van der Waals surface area contributed by atoms with Crippen LogP contribution < -0.4 is 15.5 Å². The first-order valence-corrected chi connectivity index (χ1v) is 14.6. The maximum atomic E-state index is 15.0. The maximum Gasteiger partial charge on any atom is 0.418 e. The molecule has 1 fully saturated rings. The van der Waals surface area contributed by atoms with Crippen molar-refractivity contribution < 1.29 is 36.7 Å². The zero-order valence-electron chi connectivity index (χ0n) is 24.4. The van der Waals surface area contributed by atoms with Gasteiger partial charge in [-0.1, -0.05) is 31.0 Å². The summed E-state index contributed by atoms with van der Waals surface area (Å²) in [5.74, 6) is -2.36. The van der Waals surface area contributed by atoms with Crippen molar-refractivity contribution in [1.82, 2.24) is 9.88 Å². The molecule has 14 heteroatoms. The Morgan fingerprint density at radius 3 is 2.60 bits per heavy atom. The quantitative estimate of drug-likeness (QED) is 0.300. The highest BCUT2D eigenvalue weighted by atomic mass is 35.5. The van der Waals surface area contributed by atoms with Crippen LogP contribution in [0.5, 0.6) is 0 Å². The van der Waals surface area contributed by atoms with Crippen LogP contribution in [0, 0.1) is 11.7 Å². The second-order valence-electron chi connectivity index (χ2n) is 10.9. The molecule has 2 aliphatic heterocycles. The number of hydrogen-bond donors (Lipinski definition) is 2. The third kappa shape index (κ3) is 6.82. The van der Waals surface area contributed by atoms with E-state index in [0.717, 1.165) is 11.0 Å². The molecule has 0 aliphatic carbocycles. The van der Waals surface area contributed by atoms with Gasteiger partial charge in [0.15, 0.2) is 5.82 Å². The van der Waals surface area contributed by atoms with Crippen molar-refractivity contribution in [1.29, 1.82) is 0 Å². The third-order valence-corrected chi connectivity index (χ3v) is 8.32. The number of halogens is 5. The van der Waals surface area contributed by atoms with Gasteiger partial charge >= 0.3 is 12.3 Å². The number of nitrogens with zero attached hydrogens (tertiary/aromatic N) is 3. The Labute approximate surface area is 261 Å². The van der Waals surface area contributed by atoms with E-state index in [0.29, 0.717) is 53.5 Å². The van der Waals surface area contributed by atoms with Crippen LogP contribution in [-0.4, -0.2) is 54.5 Å². The van der Waals surface area contributed by atoms with Crippen LogP contribution in [0.1, 0.15) is 43.5 Å². The number of hydrogen-bond acceptors (Lipinski definition) is 6. The maximum absolute atomic E-state index is 15.0. The molecule has 3 amide bonds. The van der Waals surface area contributed by atoms with Crippen molar-refractivity contribution in [2.45, 2.75) is 38.4 Å². The number of rotatable bonds is 3. The molecule has 1 unspecified atom stereocenters. The second kappa shape index (κ2) is 12.9. The Morgan fingerprint density at radius 1 is 1.11 bits per heavy atom. The minimum Gasteiger partial charge on any atom is -0.453 e. The number of benzene rings is 2. The number of methoxy groups -OCH3 is 1. The fourth-order valence-electron chi connectivity index (χ4n) is 5.70. The average Bonchev–Trinajstić information content (AvgIpc) is 3.00. The molecule has 1 saturated heterocycles. The number of carbonyl (C=O) groups excluding carboxylic acids is 3. The number of fused-ring (bicyclic) bond motifs is 4. The molecule has 0 radical (unpaired) electrons. The Hall–Kier alpha value is -4.39. The summed E-state index contributed by atoms with van der Waals surface area (Å²) in [5, 5.41) is 5.06. The molecule has 2 bridgehead atoms. The summed E-state index contributed by atoms with van der Waals surface area (Å²) in [4.78, 5) is 45.7. The van der Waals surface area contributed by atoms with Crippen LogP contribution >= 0.6 is 11.6 Å². The minimum atomic E-state index is -4.85. The molecule has 238 valence electrons. The zero-order chi connectivity index (χ0) is 32.5. The van der Waals surface area contributed by atoms with E-state index < -0.39 is 58.8 Å². The molecule has 5 rings (SSSR count). The largest absolute Gasteiger partial charge is 0.453 e. The standard InChI is InChI=1S/C31H30ClF4N5O4/c1-17-4-3-5-25(41-13-12-40(16-26(41)42)28-21(31(34,35)36)8-9-22(32)27(28)33)24-14-18(10-11-37-24)20-7-6-19(38-30(44)45-2)15-23(20)39-29(17)43/h6-11,14-15,17,25H,3-5,12-13,16H2,1-2H3,(H,38,44)(H,39,43)/t17-,25?/m1/s1. The summed E-state index contributed by atoms with van der Waals surface area (Å²) < 4.78 is 61.0. The Kier molecular flexibility index (Phi) is 9.19. The number of ether oxygens (including phenoxy) is 1. The molecule has 2 aromatic carbocycles. The van der Waals surface area contributed by atoms with Gasteiger partial charge in [0.1, 0.15) is 0 Å². The Morgan fingerprint density at radius 2 is 1.89 bits per heavy atom. The van der Waals surface area contributed by atoms with Crippen LogP contribution in [0.25, 0.3) is 11.1 Å². The molecule has 2 aliphatic rings. The predicted molar refractivity (Wildman–Crippen MR) is 160 cm³/mol. The van der Waals surface area contributed by atoms with Crippen LogP contribution in [0.2, 0.25) is 5.02 Å². The molecule has 0 spiro atoms. The van der Waals surface area contributed by atoms with Gasteiger partial charge < -0.3 is 19.9 Å². The molecule has 3 heterocycles. The number of aromatic nitrogens is 1. The topological polar surface area (TPSA) is 104 Å². The number of nitrogens with one attached hydrogen (secondary N) is 2. The third-order valence-electron chi connectivity index (χ3n) is 8.03. The normalized spacial score (nSPS) is 19.2. The highest BCUT2D eigenvalue weighted by Gasteiger charge is 2.40. The molecule has 2 N–H and O–H groups in total. The van der Waals surface area contributed by atoms with E-state index in [9.17, 15) is 31.9 Å². The minimum absolute atomic E-state index is 0.00778. The van der Waals surface area contributed by atoms with Crippen LogP contribution in [0.4, 0.5) is 39.4 Å². The van der Waals surface area contributed by atoms with Crippen LogP contribution in [-0.2, 0) is 20.5 Å². The van der Waals surface area contributed by atoms with Gasteiger partial charge in [0.2, 0.25) is 11.8 Å². The number of pyridine rings is 1. The summed E-state index contributed by atoms with van der Waals surface area (Å²) >= 11 is 5.84. The summed E-state index contributed by atoms with van der Waals surface area (Å²) in [6.45, 7) is 1.23. The van der Waals surface area contributed by atoms with Crippen LogP contribution in [0.15, 0.2) is 48.7 Å². The Balaban J connectivity index is 1.49. The molecule has 1 aromatic heterocycles. The molecular weight excluding hydrogens is 618 g/mol. The summed E-state index contributed by atoms with van der Waals surface area (Å²) in [6, 6.07) is 9.55. The fourth-order valence-corrected chi connectivity index (χ4v) is 5.85. The van der Waals surface area contributed by atoms with Gasteiger partial charge in [-0.3, -0.25) is 19.9 Å². The second-order valence-corrected chi connectivity index (χ2v) is 11.4. The van der Waals surface area contributed by atoms with Gasteiger partial charge in [0, 0.05) is 36.5 Å². The van der Waals surface area contributed by atoms with E-state index >= 15 is 0 Å². The summed E-state index contributed by atoms with van der Waals surface area (Å²) in [7, 11) is 1.24. The molecule has 0 saturated carbocycles. The van der Waals surface area contributed by atoms with Crippen molar-refractivity contribution in [3.05, 3.63) is 70.8 Å². The Bertz CT molecular complexity index is 1640. The summed E-state index contributed by atoms with van der Waals surface area (Å²) in [5.41, 5.74) is 0.772. The first-order valence-electron chi connectivity index (χ1n) is 14.2. The van der Waals surface area contributed by atoms with Gasteiger partial charge in [-0.2, -0.15) is 13.2 Å². The number of amides is 3. The molecule has 3 aromatic rings. The molecule has 45 heavy (non-hydrogen) atoms. The SMILES string of the molecule is COC(=O)Nc1ccc2c(c1)NC(=O)[C@H](C)CCCC(N1CCN(c3c(C(F)(F)F)ccc(Cl)c3F)CC1=O)c1cc-2ccn1. The molecular formula is C31H30ClF4N5O4. The monoisotopic (exact) mass is 647 g/mol. The number of carbonyl (C=O) groups is 3. The lowest BCUT2D eigenvalue weighted by atomic mass is 9.94. The first kappa shape index (κ1) is 32.0. The number of anilines is 3. The van der Waals surface area contributed by atoms with Gasteiger partial charge in [-0.15, -0.1) is 0 Å². The lowest BCUT2D eigenvalue weighted by Gasteiger charge is -2.40. The summed E-state index contributed by atoms with van der Waals surface area (Å²) in [6.07, 6.45) is -2.49. The van der Waals surface area contributed by atoms with Crippen molar-refractivity contribution in [2.75, 3.05) is 42.3 Å². The lowest BCUT2D eigenvalue weighted by molar-refractivity contribution is -0.138. The average molecular weight is 648 g/mol. The van der Waals surface area contributed by atoms with Crippen molar-refractivity contribution in [3.63, 3.8) is 0 Å². The van der Waals surface area contributed by atoms with E-state index in [1.807, 2.05) is 0 Å². The fraction of sp³-hybridized carbons (Fsp3) is 0.355. The van der Waals surface area contributed by atoms with Crippen molar-refractivity contribution in [3.8, 4) is 11.1 Å². The van der Waals surface area contributed by atoms with E-state index in [1.165, 1.54) is 7.11 Å². The first-order chi connectivity index (χ1) is 21.4. The van der Waals surface area contributed by atoms with E-state index in [2.05, 4.69) is 20.4 Å². The van der Waals surface area contributed by atoms with Crippen molar-refractivity contribution in [2.24, 2.45) is 5.92 Å². The highest BCUT2D eigenvalue weighted by Crippen LogP contribution is 2.42. The van der Waals surface area contributed by atoms with E-state index in [-0.39, 0.29) is 19.0 Å². The van der Waals surface area contributed by atoms with Gasteiger partial charge in [0.25, 0.3) is 0 Å². The predicted octanol–water partition coefficient (Wildman–Crippen LogP) is 6.89. The number of alkyl halides is 3. The van der Waals surface area contributed by atoms with Gasteiger partial charge in [0.05, 0.1) is 47.4 Å². The smallest absolute Gasteiger partial charge is 0.418 e. The molecule has 2 atom stereocenters. The molecule has 9 nitrogen and oxygen atoms in total. The highest BCUT2D eigenvalue weighted by molar-refractivity contribution is 6.31. The van der Waals surface area contributed by atoms with Crippen LogP contribution in [0.3, 0.4) is 0 Å². The van der Waals surface area contributed by atoms with E-state index in [1.54, 1.807) is 48.4 Å². The number of piperazine rings is 1. The van der Waals surface area contributed by atoms with Gasteiger partial charge in [-0.05, 0) is 54.8 Å². The van der Waals surface area contributed by atoms with Gasteiger partial charge in [-0.25, -0.2) is 9.18 Å².